The molecule has 18 heavy (non-hydrogen) atoms. The molecule has 1 aliphatic carbocycles. The highest BCUT2D eigenvalue weighted by atomic mass is 35.5. The summed E-state index contributed by atoms with van der Waals surface area (Å²) in [5.41, 5.74) is 0. The van der Waals surface area contributed by atoms with Gasteiger partial charge >= 0.3 is 12.0 Å². The lowest BCUT2D eigenvalue weighted by Gasteiger charge is -2.25. The summed E-state index contributed by atoms with van der Waals surface area (Å²) in [7, 11) is 0. The highest BCUT2D eigenvalue weighted by Crippen LogP contribution is 2.26. The smallest absolute Gasteiger partial charge is 0.324 e. The second-order valence-electron chi connectivity index (χ2n) is 4.60. The standard InChI is InChI=1S/C12H18ClN3O2/c1-3-17-11-14-10(13)15-12(16-11)18-9-6-4-8(2)5-7-9/h8-9H,3-7H2,1-2H3. The molecule has 0 amide bonds. The minimum atomic E-state index is 0.104. The molecule has 2 rings (SSSR count). The number of hydrogen-bond donors (Lipinski definition) is 0. The van der Waals surface area contributed by atoms with Gasteiger partial charge in [-0.1, -0.05) is 6.92 Å². The van der Waals surface area contributed by atoms with Gasteiger partial charge in [0, 0.05) is 0 Å². The molecule has 0 radical (unpaired) electrons. The van der Waals surface area contributed by atoms with Crippen LogP contribution in [0.3, 0.4) is 0 Å². The summed E-state index contributed by atoms with van der Waals surface area (Å²) < 4.78 is 11.0. The Kier molecular flexibility index (Phi) is 4.58. The van der Waals surface area contributed by atoms with E-state index in [2.05, 4.69) is 21.9 Å². The third-order valence-electron chi connectivity index (χ3n) is 3.08. The molecule has 0 aromatic carbocycles. The molecule has 1 aromatic rings. The Labute approximate surface area is 112 Å². The maximum absolute atomic E-state index is 5.80. The average Bonchev–Trinajstić information content (AvgIpc) is 2.32. The molecule has 1 saturated carbocycles. The Morgan fingerprint density at radius 3 is 2.44 bits per heavy atom. The van der Waals surface area contributed by atoms with Gasteiger partial charge in [0.2, 0.25) is 5.28 Å². The van der Waals surface area contributed by atoms with Gasteiger partial charge in [-0.25, -0.2) is 0 Å². The third-order valence-corrected chi connectivity index (χ3v) is 3.24. The van der Waals surface area contributed by atoms with Crippen molar-refractivity contribution in [1.29, 1.82) is 0 Å². The Morgan fingerprint density at radius 1 is 1.11 bits per heavy atom. The zero-order chi connectivity index (χ0) is 13.0. The van der Waals surface area contributed by atoms with Crippen molar-refractivity contribution in [3.63, 3.8) is 0 Å². The predicted molar refractivity (Wildman–Crippen MR) is 68.1 cm³/mol. The molecule has 1 aromatic heterocycles. The van der Waals surface area contributed by atoms with Crippen molar-refractivity contribution in [2.75, 3.05) is 6.61 Å². The minimum absolute atomic E-state index is 0.104. The van der Waals surface area contributed by atoms with Crippen molar-refractivity contribution in [3.05, 3.63) is 5.28 Å². The van der Waals surface area contributed by atoms with E-state index >= 15 is 0 Å². The fourth-order valence-corrected chi connectivity index (χ4v) is 2.20. The monoisotopic (exact) mass is 271 g/mol. The molecular formula is C12H18ClN3O2. The Morgan fingerprint density at radius 2 is 1.78 bits per heavy atom. The van der Waals surface area contributed by atoms with Gasteiger partial charge in [-0.2, -0.15) is 9.97 Å². The van der Waals surface area contributed by atoms with Crippen LogP contribution >= 0.6 is 11.6 Å². The fourth-order valence-electron chi connectivity index (χ4n) is 2.06. The van der Waals surface area contributed by atoms with Crippen LogP contribution in [-0.2, 0) is 0 Å². The van der Waals surface area contributed by atoms with Gasteiger partial charge in [0.1, 0.15) is 6.10 Å². The highest BCUT2D eigenvalue weighted by molar-refractivity contribution is 6.28. The van der Waals surface area contributed by atoms with Gasteiger partial charge in [0.15, 0.2) is 0 Å². The van der Waals surface area contributed by atoms with Gasteiger partial charge < -0.3 is 9.47 Å². The SMILES string of the molecule is CCOc1nc(Cl)nc(OC2CCC(C)CC2)n1. The van der Waals surface area contributed by atoms with Gasteiger partial charge in [0.05, 0.1) is 6.61 Å². The second kappa shape index (κ2) is 6.18. The molecule has 1 heterocycles. The van der Waals surface area contributed by atoms with Crippen LogP contribution in [0.5, 0.6) is 12.0 Å². The maximum Gasteiger partial charge on any atom is 0.324 e. The first-order valence-corrected chi connectivity index (χ1v) is 6.76. The molecule has 0 unspecified atom stereocenters. The van der Waals surface area contributed by atoms with Crippen molar-refractivity contribution in [1.82, 2.24) is 15.0 Å². The van der Waals surface area contributed by atoms with Crippen LogP contribution in [0.2, 0.25) is 5.28 Å². The molecule has 5 nitrogen and oxygen atoms in total. The molecule has 0 atom stereocenters. The number of ether oxygens (including phenoxy) is 2. The van der Waals surface area contributed by atoms with Crippen molar-refractivity contribution in [2.45, 2.75) is 45.6 Å². The lowest BCUT2D eigenvalue weighted by Crippen LogP contribution is -2.24. The lowest BCUT2D eigenvalue weighted by molar-refractivity contribution is 0.122. The topological polar surface area (TPSA) is 57.1 Å². The predicted octanol–water partition coefficient (Wildman–Crippen LogP) is 2.88. The van der Waals surface area contributed by atoms with Crippen molar-refractivity contribution >= 4 is 11.6 Å². The van der Waals surface area contributed by atoms with Crippen LogP contribution in [0.1, 0.15) is 39.5 Å². The molecule has 0 aliphatic heterocycles. The van der Waals surface area contributed by atoms with Gasteiger partial charge in [-0.3, -0.25) is 0 Å². The molecule has 0 N–H and O–H groups in total. The Hall–Kier alpha value is -1.10. The van der Waals surface area contributed by atoms with Gasteiger partial charge in [-0.05, 0) is 50.1 Å². The fraction of sp³-hybridized carbons (Fsp3) is 0.750. The first-order chi connectivity index (χ1) is 8.67. The van der Waals surface area contributed by atoms with E-state index in [9.17, 15) is 0 Å². The second-order valence-corrected chi connectivity index (χ2v) is 4.94. The van der Waals surface area contributed by atoms with Crippen LogP contribution in [0.4, 0.5) is 0 Å². The Balaban J connectivity index is 2.00. The molecule has 100 valence electrons. The quantitative estimate of drug-likeness (QED) is 0.843. The number of nitrogens with zero attached hydrogens (tertiary/aromatic N) is 3. The normalized spacial score (nSPS) is 23.7. The summed E-state index contributed by atoms with van der Waals surface area (Å²) in [6, 6.07) is 0.481. The Bertz CT molecular complexity index is 395. The number of halogens is 1. The van der Waals surface area contributed by atoms with E-state index in [4.69, 9.17) is 21.1 Å². The van der Waals surface area contributed by atoms with E-state index in [1.54, 1.807) is 0 Å². The van der Waals surface area contributed by atoms with Crippen LogP contribution in [0.25, 0.3) is 0 Å². The average molecular weight is 272 g/mol. The van der Waals surface area contributed by atoms with E-state index in [1.807, 2.05) is 6.92 Å². The van der Waals surface area contributed by atoms with E-state index in [0.717, 1.165) is 18.8 Å². The molecular weight excluding hydrogens is 254 g/mol. The number of aromatic nitrogens is 3. The summed E-state index contributed by atoms with van der Waals surface area (Å²) >= 11 is 5.80. The molecule has 1 aliphatic rings. The summed E-state index contributed by atoms with van der Waals surface area (Å²) in [6.45, 7) is 4.62. The summed E-state index contributed by atoms with van der Waals surface area (Å²) in [5.74, 6) is 0.783. The van der Waals surface area contributed by atoms with E-state index in [-0.39, 0.29) is 23.4 Å². The molecule has 1 fully saturated rings. The van der Waals surface area contributed by atoms with Gasteiger partial charge in [0.25, 0.3) is 0 Å². The minimum Gasteiger partial charge on any atom is -0.464 e. The molecule has 0 saturated heterocycles. The first kappa shape index (κ1) is 13.3. The van der Waals surface area contributed by atoms with Crippen LogP contribution in [0, 0.1) is 5.92 Å². The third kappa shape index (κ3) is 3.70. The summed E-state index contributed by atoms with van der Waals surface area (Å²) in [4.78, 5) is 11.9. The first-order valence-electron chi connectivity index (χ1n) is 6.38. The summed E-state index contributed by atoms with van der Waals surface area (Å²) in [5, 5.41) is 0.104. The van der Waals surface area contributed by atoms with Crippen molar-refractivity contribution < 1.29 is 9.47 Å². The zero-order valence-corrected chi connectivity index (χ0v) is 11.5. The molecule has 0 spiro atoms. The van der Waals surface area contributed by atoms with Crippen molar-refractivity contribution in [3.8, 4) is 12.0 Å². The van der Waals surface area contributed by atoms with Crippen LogP contribution in [-0.4, -0.2) is 27.7 Å². The van der Waals surface area contributed by atoms with Crippen LogP contribution < -0.4 is 9.47 Å². The van der Waals surface area contributed by atoms with Crippen LogP contribution in [0.15, 0.2) is 0 Å². The largest absolute Gasteiger partial charge is 0.464 e. The van der Waals surface area contributed by atoms with E-state index in [0.29, 0.717) is 6.61 Å². The van der Waals surface area contributed by atoms with Gasteiger partial charge in [-0.15, -0.1) is 4.98 Å². The van der Waals surface area contributed by atoms with E-state index in [1.165, 1.54) is 12.8 Å². The molecule has 6 heteroatoms. The highest BCUT2D eigenvalue weighted by Gasteiger charge is 2.21. The number of rotatable bonds is 4. The maximum atomic E-state index is 5.80. The van der Waals surface area contributed by atoms with E-state index < -0.39 is 0 Å². The van der Waals surface area contributed by atoms with Crippen molar-refractivity contribution in [2.24, 2.45) is 5.92 Å². The molecule has 0 bridgehead atoms. The zero-order valence-electron chi connectivity index (χ0n) is 10.7. The lowest BCUT2D eigenvalue weighted by atomic mass is 9.89. The summed E-state index contributed by atoms with van der Waals surface area (Å²) in [6.07, 6.45) is 4.61. The number of hydrogen-bond acceptors (Lipinski definition) is 5.